The second-order valence-corrected chi connectivity index (χ2v) is 8.44. The first-order valence-electron chi connectivity index (χ1n) is 12.7. The van der Waals surface area contributed by atoms with Gasteiger partial charge in [-0.1, -0.05) is 86.6 Å². The van der Waals surface area contributed by atoms with Gasteiger partial charge in [-0.25, -0.2) is 0 Å². The van der Waals surface area contributed by atoms with Crippen LogP contribution in [-0.2, 0) is 11.2 Å². The van der Waals surface area contributed by atoms with Crippen LogP contribution >= 0.6 is 0 Å². The van der Waals surface area contributed by atoms with Crippen LogP contribution in [0.3, 0.4) is 0 Å². The summed E-state index contributed by atoms with van der Waals surface area (Å²) in [6.07, 6.45) is 31.3. The molecule has 0 aliphatic carbocycles. The fourth-order valence-electron chi connectivity index (χ4n) is 3.70. The summed E-state index contributed by atoms with van der Waals surface area (Å²) in [5.41, 5.74) is 2.41. The van der Waals surface area contributed by atoms with Crippen molar-refractivity contribution in [2.45, 2.75) is 77.6 Å². The number of benzene rings is 1. The molecule has 0 saturated heterocycles. The molecule has 3 heteroatoms. The van der Waals surface area contributed by atoms with Crippen molar-refractivity contribution < 1.29 is 4.79 Å². The Bertz CT molecular complexity index is 901. The SMILES string of the molecule is CCCCC/C=C\C/C=C\C/C=C\C/C=C\CCCC(=O)NCCc1c[nH]c2ccccc12. The summed E-state index contributed by atoms with van der Waals surface area (Å²) < 4.78 is 0. The fraction of sp³-hybridized carbons (Fsp3) is 0.433. The standard InChI is InChI=1S/C30H42N2O/c1-2-3-4-5-6-7-8-9-10-11-12-13-14-15-16-17-18-23-30(33)31-25-24-27-26-32-29-22-20-19-21-28(27)29/h6-7,9-10,12-13,15-16,19-22,26,32H,2-5,8,11,14,17-18,23-25H2,1H3,(H,31,33)/b7-6-,10-9-,13-12-,16-15-. The van der Waals surface area contributed by atoms with Crippen LogP contribution in [0.25, 0.3) is 10.9 Å². The van der Waals surface area contributed by atoms with E-state index in [1.54, 1.807) is 0 Å². The molecule has 178 valence electrons. The molecule has 3 nitrogen and oxygen atoms in total. The number of H-pyrrole nitrogens is 1. The molecule has 1 aromatic carbocycles. The largest absolute Gasteiger partial charge is 0.361 e. The molecule has 0 aliphatic rings. The number of carbonyl (C=O) groups is 1. The van der Waals surface area contributed by atoms with Gasteiger partial charge >= 0.3 is 0 Å². The van der Waals surface area contributed by atoms with Gasteiger partial charge < -0.3 is 10.3 Å². The Balaban J connectivity index is 1.43. The molecular weight excluding hydrogens is 404 g/mol. The lowest BCUT2D eigenvalue weighted by molar-refractivity contribution is -0.121. The molecule has 0 fully saturated rings. The zero-order valence-electron chi connectivity index (χ0n) is 20.4. The number of nitrogens with one attached hydrogen (secondary N) is 2. The van der Waals surface area contributed by atoms with E-state index in [2.05, 4.69) is 84.0 Å². The minimum absolute atomic E-state index is 0.144. The second-order valence-electron chi connectivity index (χ2n) is 8.44. The Labute approximate surface area is 200 Å². The molecule has 33 heavy (non-hydrogen) atoms. The number of aromatic amines is 1. The van der Waals surface area contributed by atoms with E-state index >= 15 is 0 Å². The molecule has 1 heterocycles. The third-order valence-corrected chi connectivity index (χ3v) is 5.62. The number of fused-ring (bicyclic) bond motifs is 1. The Kier molecular flexibility index (Phi) is 14.2. The van der Waals surface area contributed by atoms with Crippen molar-refractivity contribution in [3.8, 4) is 0 Å². The molecular formula is C30H42N2O. The van der Waals surface area contributed by atoms with E-state index in [9.17, 15) is 4.79 Å². The van der Waals surface area contributed by atoms with E-state index < -0.39 is 0 Å². The van der Waals surface area contributed by atoms with Gasteiger partial charge in [0.1, 0.15) is 0 Å². The lowest BCUT2D eigenvalue weighted by Crippen LogP contribution is -2.25. The van der Waals surface area contributed by atoms with Crippen LogP contribution in [0.1, 0.15) is 76.7 Å². The highest BCUT2D eigenvalue weighted by Crippen LogP contribution is 2.17. The summed E-state index contributed by atoms with van der Waals surface area (Å²) in [5, 5.41) is 4.28. The molecule has 0 aliphatic heterocycles. The Morgan fingerprint density at radius 3 is 2.18 bits per heavy atom. The maximum Gasteiger partial charge on any atom is 0.220 e. The Morgan fingerprint density at radius 1 is 0.848 bits per heavy atom. The summed E-state index contributed by atoms with van der Waals surface area (Å²) in [6, 6.07) is 8.28. The van der Waals surface area contributed by atoms with Gasteiger partial charge in [-0.05, 0) is 63.0 Å². The van der Waals surface area contributed by atoms with Gasteiger partial charge in [0.05, 0.1) is 0 Å². The predicted molar refractivity (Wildman–Crippen MR) is 143 cm³/mol. The van der Waals surface area contributed by atoms with Crippen molar-refractivity contribution in [1.29, 1.82) is 0 Å². The monoisotopic (exact) mass is 446 g/mol. The van der Waals surface area contributed by atoms with Gasteiger partial charge in [-0.2, -0.15) is 0 Å². The van der Waals surface area contributed by atoms with Gasteiger partial charge in [-0.3, -0.25) is 4.79 Å². The van der Waals surface area contributed by atoms with E-state index in [4.69, 9.17) is 0 Å². The number of hydrogen-bond donors (Lipinski definition) is 2. The molecule has 2 N–H and O–H groups in total. The van der Waals surface area contributed by atoms with Gasteiger partial charge in [0, 0.05) is 30.1 Å². The minimum Gasteiger partial charge on any atom is -0.361 e. The minimum atomic E-state index is 0.144. The molecule has 2 rings (SSSR count). The predicted octanol–water partition coefficient (Wildman–Crippen LogP) is 7.97. The van der Waals surface area contributed by atoms with Gasteiger partial charge in [0.2, 0.25) is 5.91 Å². The van der Waals surface area contributed by atoms with Crippen molar-refractivity contribution in [3.63, 3.8) is 0 Å². The molecule has 0 bridgehead atoms. The molecule has 0 saturated carbocycles. The Hall–Kier alpha value is -2.81. The van der Waals surface area contributed by atoms with Crippen molar-refractivity contribution >= 4 is 16.8 Å². The van der Waals surface area contributed by atoms with Gasteiger partial charge in [0.25, 0.3) is 0 Å². The first kappa shape index (κ1) is 26.4. The fourth-order valence-corrected chi connectivity index (χ4v) is 3.70. The number of para-hydroxylation sites is 1. The number of amides is 1. The molecule has 0 atom stereocenters. The highest BCUT2D eigenvalue weighted by Gasteiger charge is 2.04. The lowest BCUT2D eigenvalue weighted by Gasteiger charge is -2.04. The number of carbonyl (C=O) groups excluding carboxylic acids is 1. The zero-order chi connectivity index (χ0) is 23.4. The van der Waals surface area contributed by atoms with E-state index in [-0.39, 0.29) is 5.91 Å². The molecule has 0 unspecified atom stereocenters. The summed E-state index contributed by atoms with van der Waals surface area (Å²) >= 11 is 0. The van der Waals surface area contributed by atoms with E-state index in [1.165, 1.54) is 36.6 Å². The molecule has 1 amide bonds. The van der Waals surface area contributed by atoms with E-state index in [1.807, 2.05) is 12.3 Å². The Morgan fingerprint density at radius 2 is 1.48 bits per heavy atom. The normalized spacial score (nSPS) is 12.3. The number of unbranched alkanes of at least 4 members (excludes halogenated alkanes) is 4. The third kappa shape index (κ3) is 12.1. The highest BCUT2D eigenvalue weighted by atomic mass is 16.1. The van der Waals surface area contributed by atoms with Crippen LogP contribution in [0.2, 0.25) is 0 Å². The van der Waals surface area contributed by atoms with Crippen LogP contribution in [0.5, 0.6) is 0 Å². The maximum absolute atomic E-state index is 12.0. The lowest BCUT2D eigenvalue weighted by atomic mass is 10.1. The smallest absolute Gasteiger partial charge is 0.220 e. The van der Waals surface area contributed by atoms with Crippen molar-refractivity contribution in [2.75, 3.05) is 6.54 Å². The number of aromatic nitrogens is 1. The number of hydrogen-bond acceptors (Lipinski definition) is 1. The van der Waals surface area contributed by atoms with Crippen LogP contribution < -0.4 is 5.32 Å². The molecule has 1 aromatic heterocycles. The third-order valence-electron chi connectivity index (χ3n) is 5.62. The summed E-state index contributed by atoms with van der Waals surface area (Å²) in [5.74, 6) is 0.144. The average molecular weight is 447 g/mol. The van der Waals surface area contributed by atoms with Gasteiger partial charge in [-0.15, -0.1) is 0 Å². The van der Waals surface area contributed by atoms with E-state index in [0.29, 0.717) is 13.0 Å². The summed E-state index contributed by atoms with van der Waals surface area (Å²) in [4.78, 5) is 15.3. The quantitative estimate of drug-likeness (QED) is 0.188. The first-order valence-corrected chi connectivity index (χ1v) is 12.7. The summed E-state index contributed by atoms with van der Waals surface area (Å²) in [7, 11) is 0. The second kappa shape index (κ2) is 17.7. The van der Waals surface area contributed by atoms with Crippen LogP contribution in [0.15, 0.2) is 79.1 Å². The van der Waals surface area contributed by atoms with Crippen molar-refractivity contribution in [1.82, 2.24) is 10.3 Å². The summed E-state index contributed by atoms with van der Waals surface area (Å²) in [6.45, 7) is 2.93. The van der Waals surface area contributed by atoms with Crippen LogP contribution in [0.4, 0.5) is 0 Å². The highest BCUT2D eigenvalue weighted by molar-refractivity contribution is 5.83. The average Bonchev–Trinajstić information content (AvgIpc) is 3.24. The maximum atomic E-state index is 12.0. The zero-order valence-corrected chi connectivity index (χ0v) is 20.4. The number of allylic oxidation sites excluding steroid dienone is 8. The molecule has 2 aromatic rings. The first-order chi connectivity index (χ1) is 16.3. The van der Waals surface area contributed by atoms with Crippen LogP contribution in [-0.4, -0.2) is 17.4 Å². The van der Waals surface area contributed by atoms with Gasteiger partial charge in [0.15, 0.2) is 0 Å². The van der Waals surface area contributed by atoms with Crippen molar-refractivity contribution in [3.05, 3.63) is 84.6 Å². The molecule has 0 spiro atoms. The topological polar surface area (TPSA) is 44.9 Å². The van der Waals surface area contributed by atoms with E-state index in [0.717, 1.165) is 44.0 Å². The molecule has 0 radical (unpaired) electrons. The van der Waals surface area contributed by atoms with Crippen molar-refractivity contribution in [2.24, 2.45) is 0 Å². The van der Waals surface area contributed by atoms with Crippen LogP contribution in [0, 0.1) is 0 Å². The number of rotatable bonds is 17.